The molecule has 2 heterocycles. The number of aromatic nitrogens is 2. The highest BCUT2D eigenvalue weighted by atomic mass is 32.1. The van der Waals surface area contributed by atoms with Crippen molar-refractivity contribution in [3.8, 4) is 0 Å². The van der Waals surface area contributed by atoms with Gasteiger partial charge in [-0.3, -0.25) is 0 Å². The molecule has 1 aromatic heterocycles. The zero-order valence-electron chi connectivity index (χ0n) is 13.4. The molecule has 0 bridgehead atoms. The van der Waals surface area contributed by atoms with Crippen molar-refractivity contribution >= 4 is 22.7 Å². The summed E-state index contributed by atoms with van der Waals surface area (Å²) in [5, 5.41) is 4.20. The van der Waals surface area contributed by atoms with E-state index in [0.29, 0.717) is 12.0 Å². The highest BCUT2D eigenvalue weighted by Gasteiger charge is 2.28. The molecule has 22 heavy (non-hydrogen) atoms. The molecule has 0 unspecified atom stereocenters. The number of aryl methyl sites for hydroxylation is 1. The molecular formula is C15H25N5OS. The molecular weight excluding hydrogens is 298 g/mol. The van der Waals surface area contributed by atoms with Crippen molar-refractivity contribution in [3.63, 3.8) is 0 Å². The molecule has 1 aromatic rings. The molecule has 1 N–H and O–H groups in total. The van der Waals surface area contributed by atoms with Gasteiger partial charge < -0.3 is 15.1 Å². The summed E-state index contributed by atoms with van der Waals surface area (Å²) in [6.07, 6.45) is 4.46. The first-order valence-electron chi connectivity index (χ1n) is 8.30. The van der Waals surface area contributed by atoms with Gasteiger partial charge in [0.25, 0.3) is 0 Å². The molecule has 0 spiro atoms. The molecule has 1 saturated carbocycles. The minimum absolute atomic E-state index is 0.102. The van der Waals surface area contributed by atoms with E-state index in [-0.39, 0.29) is 6.03 Å². The van der Waals surface area contributed by atoms with Gasteiger partial charge >= 0.3 is 6.03 Å². The number of anilines is 1. The largest absolute Gasteiger partial charge is 0.343 e. The molecule has 1 aliphatic heterocycles. The van der Waals surface area contributed by atoms with Crippen LogP contribution < -0.4 is 10.2 Å². The Morgan fingerprint density at radius 1 is 1.32 bits per heavy atom. The Balaban J connectivity index is 1.49. The van der Waals surface area contributed by atoms with E-state index in [2.05, 4.69) is 33.4 Å². The van der Waals surface area contributed by atoms with Gasteiger partial charge in [-0.2, -0.15) is 4.37 Å². The lowest BCUT2D eigenvalue weighted by molar-refractivity contribution is 0.188. The average Bonchev–Trinajstić information content (AvgIpc) is 3.17. The van der Waals surface area contributed by atoms with Gasteiger partial charge in [-0.05, 0) is 18.8 Å². The second kappa shape index (κ2) is 6.81. The van der Waals surface area contributed by atoms with Gasteiger partial charge in [-0.25, -0.2) is 9.78 Å². The van der Waals surface area contributed by atoms with Crippen molar-refractivity contribution in [3.05, 3.63) is 5.82 Å². The predicted molar refractivity (Wildman–Crippen MR) is 88.4 cm³/mol. The first kappa shape index (κ1) is 15.5. The minimum Gasteiger partial charge on any atom is -0.343 e. The van der Waals surface area contributed by atoms with Gasteiger partial charge in [0.1, 0.15) is 5.82 Å². The molecule has 0 radical (unpaired) electrons. The second-order valence-electron chi connectivity index (χ2n) is 6.28. The zero-order valence-corrected chi connectivity index (χ0v) is 14.2. The minimum atomic E-state index is 0.102. The fraction of sp³-hybridized carbons (Fsp3) is 0.800. The summed E-state index contributed by atoms with van der Waals surface area (Å²) in [6, 6.07) is 0.464. The Kier molecular flexibility index (Phi) is 4.81. The van der Waals surface area contributed by atoms with E-state index in [4.69, 9.17) is 0 Å². The third-order valence-corrected chi connectivity index (χ3v) is 5.60. The van der Waals surface area contributed by atoms with Gasteiger partial charge in [-0.1, -0.05) is 20.3 Å². The Hall–Kier alpha value is -1.37. The summed E-state index contributed by atoms with van der Waals surface area (Å²) in [5.41, 5.74) is 0. The molecule has 0 aromatic carbocycles. The summed E-state index contributed by atoms with van der Waals surface area (Å²) in [7, 11) is 0. The summed E-state index contributed by atoms with van der Waals surface area (Å²) in [6.45, 7) is 7.49. The highest BCUT2D eigenvalue weighted by Crippen LogP contribution is 2.25. The molecule has 2 atom stereocenters. The number of urea groups is 1. The maximum atomic E-state index is 12.4. The van der Waals surface area contributed by atoms with E-state index in [9.17, 15) is 4.79 Å². The summed E-state index contributed by atoms with van der Waals surface area (Å²) in [5.74, 6) is 1.52. The van der Waals surface area contributed by atoms with Gasteiger partial charge in [0.05, 0.1) is 0 Å². The number of amides is 2. The van der Waals surface area contributed by atoms with Crippen molar-refractivity contribution in [1.82, 2.24) is 19.6 Å². The van der Waals surface area contributed by atoms with Gasteiger partial charge in [0.2, 0.25) is 5.13 Å². The number of hydrogen-bond donors (Lipinski definition) is 1. The van der Waals surface area contributed by atoms with Crippen LogP contribution in [0.1, 0.15) is 38.9 Å². The van der Waals surface area contributed by atoms with Crippen molar-refractivity contribution in [2.75, 3.05) is 31.1 Å². The van der Waals surface area contributed by atoms with Gasteiger partial charge in [0.15, 0.2) is 0 Å². The standard InChI is InChI=1S/C15H25N5OS/c1-3-13-17-15(22-18-13)20-9-7-19(8-10-20)14(21)16-12-6-4-5-11(12)2/h11-12H,3-10H2,1-2H3,(H,16,21)/t11-,12+/m1/s1. The van der Waals surface area contributed by atoms with Gasteiger partial charge in [0, 0.05) is 50.2 Å². The molecule has 7 heteroatoms. The number of rotatable bonds is 3. The molecule has 2 amide bonds. The Bertz CT molecular complexity index is 512. The van der Waals surface area contributed by atoms with Gasteiger partial charge in [-0.15, -0.1) is 0 Å². The van der Waals surface area contributed by atoms with Crippen LogP contribution in [0.15, 0.2) is 0 Å². The highest BCUT2D eigenvalue weighted by molar-refractivity contribution is 7.09. The third kappa shape index (κ3) is 3.34. The van der Waals surface area contributed by atoms with Crippen LogP contribution in [-0.4, -0.2) is 52.5 Å². The molecule has 2 aliphatic rings. The number of carbonyl (C=O) groups excluding carboxylic acids is 1. The van der Waals surface area contributed by atoms with E-state index < -0.39 is 0 Å². The molecule has 6 nitrogen and oxygen atoms in total. The van der Waals surface area contributed by atoms with Crippen LogP contribution in [0.25, 0.3) is 0 Å². The van der Waals surface area contributed by atoms with Crippen LogP contribution in [0.5, 0.6) is 0 Å². The van der Waals surface area contributed by atoms with E-state index in [0.717, 1.165) is 50.0 Å². The Morgan fingerprint density at radius 2 is 2.09 bits per heavy atom. The maximum absolute atomic E-state index is 12.4. The van der Waals surface area contributed by atoms with Crippen LogP contribution in [-0.2, 0) is 6.42 Å². The second-order valence-corrected chi connectivity index (χ2v) is 7.02. The number of nitrogens with one attached hydrogen (secondary N) is 1. The molecule has 2 fully saturated rings. The van der Waals surface area contributed by atoms with E-state index >= 15 is 0 Å². The van der Waals surface area contributed by atoms with Crippen LogP contribution in [0.2, 0.25) is 0 Å². The summed E-state index contributed by atoms with van der Waals surface area (Å²) < 4.78 is 4.34. The fourth-order valence-electron chi connectivity index (χ4n) is 3.23. The average molecular weight is 323 g/mol. The molecule has 3 rings (SSSR count). The number of nitrogens with zero attached hydrogens (tertiary/aromatic N) is 4. The third-order valence-electron chi connectivity index (χ3n) is 4.78. The first-order chi connectivity index (χ1) is 10.7. The Morgan fingerprint density at radius 3 is 2.68 bits per heavy atom. The van der Waals surface area contributed by atoms with E-state index in [1.165, 1.54) is 24.4 Å². The quantitative estimate of drug-likeness (QED) is 0.925. The Labute approximate surface area is 136 Å². The smallest absolute Gasteiger partial charge is 0.317 e. The van der Waals surface area contributed by atoms with Crippen molar-refractivity contribution in [2.24, 2.45) is 5.92 Å². The SMILES string of the molecule is CCc1nsc(N2CCN(C(=O)N[C@H]3CCC[C@H]3C)CC2)n1. The number of piperazine rings is 1. The first-order valence-corrected chi connectivity index (χ1v) is 9.07. The normalized spacial score (nSPS) is 25.5. The molecule has 1 saturated heterocycles. The lowest BCUT2D eigenvalue weighted by Gasteiger charge is -2.35. The summed E-state index contributed by atoms with van der Waals surface area (Å²) >= 11 is 1.46. The van der Waals surface area contributed by atoms with Crippen LogP contribution in [0.3, 0.4) is 0 Å². The van der Waals surface area contributed by atoms with Crippen LogP contribution in [0, 0.1) is 5.92 Å². The lowest BCUT2D eigenvalue weighted by atomic mass is 10.1. The zero-order chi connectivity index (χ0) is 15.5. The summed E-state index contributed by atoms with van der Waals surface area (Å²) in [4.78, 5) is 21.1. The van der Waals surface area contributed by atoms with Crippen LogP contribution >= 0.6 is 11.5 Å². The topological polar surface area (TPSA) is 61.4 Å². The van der Waals surface area contributed by atoms with Crippen molar-refractivity contribution in [2.45, 2.75) is 45.6 Å². The molecule has 122 valence electrons. The van der Waals surface area contributed by atoms with E-state index in [1.54, 1.807) is 0 Å². The van der Waals surface area contributed by atoms with Crippen molar-refractivity contribution in [1.29, 1.82) is 0 Å². The van der Waals surface area contributed by atoms with E-state index in [1.807, 2.05) is 4.90 Å². The lowest BCUT2D eigenvalue weighted by Crippen LogP contribution is -2.53. The number of carbonyl (C=O) groups is 1. The molecule has 1 aliphatic carbocycles. The fourth-order valence-corrected chi connectivity index (χ4v) is 4.03. The number of hydrogen-bond acceptors (Lipinski definition) is 5. The monoisotopic (exact) mass is 323 g/mol. The van der Waals surface area contributed by atoms with Crippen LogP contribution in [0.4, 0.5) is 9.93 Å². The maximum Gasteiger partial charge on any atom is 0.317 e. The predicted octanol–water partition coefficient (Wildman–Crippen LogP) is 2.12. The van der Waals surface area contributed by atoms with Crippen molar-refractivity contribution < 1.29 is 4.79 Å².